The number of halogens is 3. The Bertz CT molecular complexity index is 790. The molecule has 0 amide bonds. The van der Waals surface area contributed by atoms with E-state index in [2.05, 4.69) is 10.1 Å². The van der Waals surface area contributed by atoms with E-state index < -0.39 is 28.1 Å². The summed E-state index contributed by atoms with van der Waals surface area (Å²) in [7, 11) is 2.53. The van der Waals surface area contributed by atoms with Crippen LogP contribution in [0.3, 0.4) is 0 Å². The van der Waals surface area contributed by atoms with Crippen LogP contribution in [0.15, 0.2) is 59.5 Å². The Kier molecular flexibility index (Phi) is 7.18. The van der Waals surface area contributed by atoms with E-state index in [0.717, 1.165) is 12.7 Å². The summed E-state index contributed by atoms with van der Waals surface area (Å²) in [5.74, 6) is -0.520. The number of carbonyl (C=O) groups is 1. The number of esters is 1. The second-order valence-electron chi connectivity index (χ2n) is 5.31. The van der Waals surface area contributed by atoms with Crippen LogP contribution < -0.4 is 10.1 Å². The summed E-state index contributed by atoms with van der Waals surface area (Å²) >= 11 is -0.506. The minimum atomic E-state index is -4.64. The van der Waals surface area contributed by atoms with Gasteiger partial charge in [0.05, 0.1) is 19.9 Å². The summed E-state index contributed by atoms with van der Waals surface area (Å²) in [6, 6.07) is 15.5. The summed E-state index contributed by atoms with van der Waals surface area (Å²) in [6.45, 7) is 0.237. The van der Waals surface area contributed by atoms with Gasteiger partial charge in [0.15, 0.2) is 0 Å². The van der Waals surface area contributed by atoms with Crippen molar-refractivity contribution < 1.29 is 27.4 Å². The van der Waals surface area contributed by atoms with Crippen LogP contribution in [-0.2, 0) is 16.1 Å². The Labute approximate surface area is 159 Å². The van der Waals surface area contributed by atoms with E-state index in [9.17, 15) is 18.0 Å². The fourth-order valence-electron chi connectivity index (χ4n) is 2.26. The van der Waals surface area contributed by atoms with Crippen molar-refractivity contribution in [2.24, 2.45) is 0 Å². The second kappa shape index (κ2) is 9.36. The molecule has 0 saturated carbocycles. The molecule has 0 fully saturated rings. The van der Waals surface area contributed by atoms with Crippen molar-refractivity contribution in [1.29, 1.82) is 0 Å². The Morgan fingerprint density at radius 2 is 1.67 bits per heavy atom. The standard InChI is InChI=1S/C19H18F3NO3S/c1-25-15-10-8-14(9-11-15)16(23-12-13-6-4-3-5-7-13)17(18(24)26-2)27-19(20,21)22/h3-11,23H,12H2,1-2H3/b17-16+. The lowest BCUT2D eigenvalue weighted by atomic mass is 10.1. The molecule has 0 aliphatic heterocycles. The number of rotatable bonds is 7. The van der Waals surface area contributed by atoms with Gasteiger partial charge in [0, 0.05) is 6.54 Å². The minimum Gasteiger partial charge on any atom is -0.497 e. The van der Waals surface area contributed by atoms with Crippen molar-refractivity contribution >= 4 is 23.4 Å². The molecule has 144 valence electrons. The van der Waals surface area contributed by atoms with E-state index in [0.29, 0.717) is 11.3 Å². The fourth-order valence-corrected chi connectivity index (χ4v) is 2.95. The van der Waals surface area contributed by atoms with E-state index in [1.165, 1.54) is 7.11 Å². The molecule has 0 aromatic heterocycles. The summed E-state index contributed by atoms with van der Waals surface area (Å²) in [5.41, 5.74) is -3.35. The molecule has 2 aromatic rings. The zero-order valence-corrected chi connectivity index (χ0v) is 15.5. The fraction of sp³-hybridized carbons (Fsp3) is 0.211. The zero-order valence-electron chi connectivity index (χ0n) is 14.7. The Morgan fingerprint density at radius 3 is 2.19 bits per heavy atom. The van der Waals surface area contributed by atoms with Gasteiger partial charge < -0.3 is 14.8 Å². The smallest absolute Gasteiger partial charge is 0.446 e. The molecular formula is C19H18F3NO3S. The maximum atomic E-state index is 13.0. The third kappa shape index (κ3) is 6.25. The first kappa shape index (κ1) is 20.7. The molecule has 8 heteroatoms. The molecule has 0 heterocycles. The van der Waals surface area contributed by atoms with Crippen molar-refractivity contribution in [3.63, 3.8) is 0 Å². The molecule has 0 unspecified atom stereocenters. The molecule has 0 aliphatic carbocycles. The number of ether oxygens (including phenoxy) is 2. The lowest BCUT2D eigenvalue weighted by Crippen LogP contribution is -2.19. The molecule has 2 aromatic carbocycles. The van der Waals surface area contributed by atoms with Crippen LogP contribution in [0.4, 0.5) is 13.2 Å². The van der Waals surface area contributed by atoms with Gasteiger partial charge in [-0.25, -0.2) is 4.79 Å². The number of nitrogens with one attached hydrogen (secondary N) is 1. The first-order valence-corrected chi connectivity index (χ1v) is 8.66. The number of thioether (sulfide) groups is 1. The molecule has 0 aliphatic rings. The molecule has 2 rings (SSSR count). The summed E-state index contributed by atoms with van der Waals surface area (Å²) < 4.78 is 48.8. The van der Waals surface area contributed by atoms with E-state index in [1.807, 2.05) is 30.3 Å². The van der Waals surface area contributed by atoms with Crippen molar-refractivity contribution in [3.05, 3.63) is 70.6 Å². The van der Waals surface area contributed by atoms with E-state index in [4.69, 9.17) is 4.74 Å². The van der Waals surface area contributed by atoms with Gasteiger partial charge in [0.2, 0.25) is 0 Å². The van der Waals surface area contributed by atoms with Crippen LogP contribution in [0.5, 0.6) is 5.75 Å². The number of hydrogen-bond acceptors (Lipinski definition) is 5. The maximum Gasteiger partial charge on any atom is 0.446 e. The summed E-state index contributed by atoms with van der Waals surface area (Å²) in [4.78, 5) is 11.5. The minimum absolute atomic E-state index is 0.0377. The Morgan fingerprint density at radius 1 is 1.04 bits per heavy atom. The maximum absolute atomic E-state index is 13.0. The van der Waals surface area contributed by atoms with Crippen molar-refractivity contribution in [2.45, 2.75) is 12.1 Å². The summed E-state index contributed by atoms with van der Waals surface area (Å²) in [6.07, 6.45) is 0. The highest BCUT2D eigenvalue weighted by Gasteiger charge is 2.35. The lowest BCUT2D eigenvalue weighted by molar-refractivity contribution is -0.135. The third-order valence-electron chi connectivity index (χ3n) is 3.51. The Balaban J connectivity index is 2.47. The Hall–Kier alpha value is -2.61. The van der Waals surface area contributed by atoms with Crippen molar-refractivity contribution in [2.75, 3.05) is 14.2 Å². The predicted molar refractivity (Wildman–Crippen MR) is 98.9 cm³/mol. The van der Waals surface area contributed by atoms with Gasteiger partial charge in [-0.2, -0.15) is 13.2 Å². The molecule has 0 saturated heterocycles. The van der Waals surface area contributed by atoms with Crippen LogP contribution in [0.2, 0.25) is 0 Å². The SMILES string of the molecule is COC(=O)/C(SC(F)(F)F)=C(\NCc1ccccc1)c1ccc(OC)cc1. The molecule has 27 heavy (non-hydrogen) atoms. The molecule has 0 atom stereocenters. The van der Waals surface area contributed by atoms with Gasteiger partial charge in [-0.3, -0.25) is 0 Å². The van der Waals surface area contributed by atoms with E-state index >= 15 is 0 Å². The van der Waals surface area contributed by atoms with Gasteiger partial charge >= 0.3 is 11.5 Å². The average Bonchev–Trinajstić information content (AvgIpc) is 2.67. The first-order chi connectivity index (χ1) is 12.8. The summed E-state index contributed by atoms with van der Waals surface area (Å²) in [5, 5.41) is 2.94. The number of methoxy groups -OCH3 is 2. The van der Waals surface area contributed by atoms with Gasteiger partial charge in [-0.05, 0) is 47.2 Å². The van der Waals surface area contributed by atoms with Gasteiger partial charge in [-0.15, -0.1) is 0 Å². The number of carbonyl (C=O) groups excluding carboxylic acids is 1. The highest BCUT2D eigenvalue weighted by molar-refractivity contribution is 8.04. The van der Waals surface area contributed by atoms with Crippen LogP contribution >= 0.6 is 11.8 Å². The molecule has 0 spiro atoms. The quantitative estimate of drug-likeness (QED) is 0.547. The van der Waals surface area contributed by atoms with Crippen LogP contribution in [0.25, 0.3) is 5.70 Å². The molecule has 4 nitrogen and oxygen atoms in total. The number of benzene rings is 2. The highest BCUT2D eigenvalue weighted by Crippen LogP contribution is 2.40. The highest BCUT2D eigenvalue weighted by atomic mass is 32.2. The third-order valence-corrected chi connectivity index (χ3v) is 4.31. The number of hydrogen-bond donors (Lipinski definition) is 1. The van der Waals surface area contributed by atoms with Crippen LogP contribution in [0, 0.1) is 0 Å². The van der Waals surface area contributed by atoms with Crippen molar-refractivity contribution in [3.8, 4) is 5.75 Å². The van der Waals surface area contributed by atoms with Gasteiger partial charge in [0.1, 0.15) is 10.7 Å². The molecule has 0 radical (unpaired) electrons. The monoisotopic (exact) mass is 397 g/mol. The second-order valence-corrected chi connectivity index (χ2v) is 6.39. The van der Waals surface area contributed by atoms with E-state index in [-0.39, 0.29) is 12.2 Å². The van der Waals surface area contributed by atoms with Crippen LogP contribution in [-0.4, -0.2) is 25.7 Å². The largest absolute Gasteiger partial charge is 0.497 e. The first-order valence-electron chi connectivity index (χ1n) is 7.84. The topological polar surface area (TPSA) is 47.6 Å². The molecule has 0 bridgehead atoms. The predicted octanol–water partition coefficient (Wildman–Crippen LogP) is 4.58. The van der Waals surface area contributed by atoms with E-state index in [1.54, 1.807) is 24.3 Å². The number of alkyl halides is 3. The molecule has 1 N–H and O–H groups in total. The zero-order chi connectivity index (χ0) is 19.9. The normalized spacial score (nSPS) is 12.2. The van der Waals surface area contributed by atoms with Gasteiger partial charge in [-0.1, -0.05) is 30.3 Å². The van der Waals surface area contributed by atoms with Crippen molar-refractivity contribution in [1.82, 2.24) is 5.32 Å². The lowest BCUT2D eigenvalue weighted by Gasteiger charge is -2.17. The average molecular weight is 397 g/mol. The van der Waals surface area contributed by atoms with Gasteiger partial charge in [0.25, 0.3) is 0 Å². The van der Waals surface area contributed by atoms with Crippen LogP contribution in [0.1, 0.15) is 11.1 Å². The molecular weight excluding hydrogens is 379 g/mol.